The van der Waals surface area contributed by atoms with Crippen LogP contribution in [0.25, 0.3) is 0 Å². The van der Waals surface area contributed by atoms with Gasteiger partial charge in [-0.15, -0.1) is 0 Å². The van der Waals surface area contributed by atoms with Crippen molar-refractivity contribution in [1.82, 2.24) is 15.3 Å². The highest BCUT2D eigenvalue weighted by atomic mass is 32.2. The molecule has 0 aliphatic rings. The van der Waals surface area contributed by atoms with E-state index in [0.717, 1.165) is 24.5 Å². The van der Waals surface area contributed by atoms with Gasteiger partial charge in [0, 0.05) is 18.3 Å². The first kappa shape index (κ1) is 15.8. The zero-order chi connectivity index (χ0) is 14.1. The van der Waals surface area contributed by atoms with Crippen LogP contribution in [0.5, 0.6) is 0 Å². The van der Waals surface area contributed by atoms with E-state index in [9.17, 15) is 4.79 Å². The molecule has 1 aromatic rings. The van der Waals surface area contributed by atoms with Crippen LogP contribution in [0.4, 0.5) is 5.82 Å². The molecule has 0 aliphatic carbocycles. The molecule has 1 heterocycles. The molecule has 0 spiro atoms. The molecule has 1 unspecified atom stereocenters. The average molecular weight is 282 g/mol. The Labute approximate surface area is 119 Å². The molecule has 1 aromatic heterocycles. The highest BCUT2D eigenvalue weighted by Gasteiger charge is 2.11. The Morgan fingerprint density at radius 3 is 2.89 bits per heavy atom. The van der Waals surface area contributed by atoms with Crippen LogP contribution in [0, 0.1) is 0 Å². The van der Waals surface area contributed by atoms with Gasteiger partial charge in [0.2, 0.25) is 0 Å². The molecule has 1 amide bonds. The Kier molecular flexibility index (Phi) is 7.25. The van der Waals surface area contributed by atoms with Crippen molar-refractivity contribution < 1.29 is 4.79 Å². The highest BCUT2D eigenvalue weighted by molar-refractivity contribution is 7.99. The number of hydrogen-bond acceptors (Lipinski definition) is 5. The lowest BCUT2D eigenvalue weighted by Gasteiger charge is -2.13. The summed E-state index contributed by atoms with van der Waals surface area (Å²) in [5.74, 6) is 2.43. The standard InChI is InChI=1S/C13H22N4OS/c1-4-6-15-12-8-14-7-11(17-12)13(18)16-10(3)9-19-5-2/h7-8,10H,4-6,9H2,1-3H3,(H,15,17)(H,16,18). The van der Waals surface area contributed by atoms with Crippen LogP contribution >= 0.6 is 11.8 Å². The number of thioether (sulfide) groups is 1. The van der Waals surface area contributed by atoms with Crippen LogP contribution < -0.4 is 10.6 Å². The van der Waals surface area contributed by atoms with Gasteiger partial charge in [-0.25, -0.2) is 4.98 Å². The summed E-state index contributed by atoms with van der Waals surface area (Å²) in [4.78, 5) is 20.3. The number of nitrogens with one attached hydrogen (secondary N) is 2. The molecule has 0 saturated carbocycles. The van der Waals surface area contributed by atoms with Gasteiger partial charge in [0.1, 0.15) is 11.5 Å². The molecule has 6 heteroatoms. The van der Waals surface area contributed by atoms with Gasteiger partial charge in [-0.1, -0.05) is 13.8 Å². The van der Waals surface area contributed by atoms with E-state index in [1.807, 2.05) is 6.92 Å². The largest absolute Gasteiger partial charge is 0.369 e. The van der Waals surface area contributed by atoms with E-state index in [4.69, 9.17) is 0 Å². The van der Waals surface area contributed by atoms with Gasteiger partial charge in [-0.2, -0.15) is 11.8 Å². The van der Waals surface area contributed by atoms with Gasteiger partial charge in [0.05, 0.1) is 12.4 Å². The Balaban J connectivity index is 2.56. The minimum atomic E-state index is -0.170. The minimum Gasteiger partial charge on any atom is -0.369 e. The second-order valence-corrected chi connectivity index (χ2v) is 5.57. The maximum absolute atomic E-state index is 12.0. The number of nitrogens with zero attached hydrogens (tertiary/aromatic N) is 2. The van der Waals surface area contributed by atoms with E-state index >= 15 is 0 Å². The van der Waals surface area contributed by atoms with Crippen LogP contribution in [0.3, 0.4) is 0 Å². The number of carbonyl (C=O) groups excluding carboxylic acids is 1. The molecule has 5 nitrogen and oxygen atoms in total. The van der Waals surface area contributed by atoms with Crippen molar-refractivity contribution in [3.05, 3.63) is 18.1 Å². The Morgan fingerprint density at radius 2 is 2.21 bits per heavy atom. The van der Waals surface area contributed by atoms with E-state index in [0.29, 0.717) is 11.5 Å². The molecular formula is C13H22N4OS. The summed E-state index contributed by atoms with van der Waals surface area (Å²) >= 11 is 1.80. The van der Waals surface area contributed by atoms with Crippen LogP contribution in [0.2, 0.25) is 0 Å². The van der Waals surface area contributed by atoms with E-state index in [2.05, 4.69) is 34.4 Å². The monoisotopic (exact) mass is 282 g/mol. The number of anilines is 1. The summed E-state index contributed by atoms with van der Waals surface area (Å²) < 4.78 is 0. The fraction of sp³-hybridized carbons (Fsp3) is 0.615. The topological polar surface area (TPSA) is 66.9 Å². The van der Waals surface area contributed by atoms with E-state index < -0.39 is 0 Å². The van der Waals surface area contributed by atoms with Crippen molar-refractivity contribution in [2.45, 2.75) is 33.2 Å². The third kappa shape index (κ3) is 5.92. The molecule has 1 atom stereocenters. The SMILES string of the molecule is CCCNc1cncc(C(=O)NC(C)CSCC)n1. The molecule has 0 saturated heterocycles. The van der Waals surface area contributed by atoms with Gasteiger partial charge in [0.25, 0.3) is 5.91 Å². The lowest BCUT2D eigenvalue weighted by molar-refractivity contribution is 0.0938. The first-order chi connectivity index (χ1) is 9.17. The van der Waals surface area contributed by atoms with Crippen molar-refractivity contribution >= 4 is 23.5 Å². The summed E-state index contributed by atoms with van der Waals surface area (Å²) in [6, 6.07) is 0.131. The highest BCUT2D eigenvalue weighted by Crippen LogP contribution is 2.05. The zero-order valence-corrected chi connectivity index (χ0v) is 12.6. The summed E-state index contributed by atoms with van der Waals surface area (Å²) in [6.07, 6.45) is 4.12. The van der Waals surface area contributed by atoms with E-state index in [-0.39, 0.29) is 11.9 Å². The maximum atomic E-state index is 12.0. The first-order valence-electron chi connectivity index (χ1n) is 6.61. The molecule has 0 aromatic carbocycles. The molecule has 0 bridgehead atoms. The maximum Gasteiger partial charge on any atom is 0.271 e. The molecule has 2 N–H and O–H groups in total. The zero-order valence-electron chi connectivity index (χ0n) is 11.8. The lowest BCUT2D eigenvalue weighted by atomic mass is 10.3. The average Bonchev–Trinajstić information content (AvgIpc) is 2.43. The summed E-state index contributed by atoms with van der Waals surface area (Å²) in [6.45, 7) is 6.99. The van der Waals surface area contributed by atoms with Crippen molar-refractivity contribution in [2.75, 3.05) is 23.4 Å². The number of aromatic nitrogens is 2. The summed E-state index contributed by atoms with van der Waals surface area (Å²) in [7, 11) is 0. The van der Waals surface area contributed by atoms with Crippen molar-refractivity contribution in [3.8, 4) is 0 Å². The van der Waals surface area contributed by atoms with Crippen LogP contribution in [0.1, 0.15) is 37.7 Å². The molecule has 1 rings (SSSR count). The number of carbonyl (C=O) groups is 1. The molecular weight excluding hydrogens is 260 g/mol. The second-order valence-electron chi connectivity index (χ2n) is 4.25. The fourth-order valence-corrected chi connectivity index (χ4v) is 2.12. The quantitative estimate of drug-likeness (QED) is 0.765. The van der Waals surface area contributed by atoms with Gasteiger partial charge >= 0.3 is 0 Å². The Hall–Kier alpha value is -1.30. The predicted molar refractivity (Wildman–Crippen MR) is 80.7 cm³/mol. The van der Waals surface area contributed by atoms with Crippen LogP contribution in [-0.4, -0.2) is 40.0 Å². The molecule has 19 heavy (non-hydrogen) atoms. The normalized spacial score (nSPS) is 11.9. The number of hydrogen-bond donors (Lipinski definition) is 2. The van der Waals surface area contributed by atoms with E-state index in [1.165, 1.54) is 6.20 Å². The molecule has 0 fully saturated rings. The lowest BCUT2D eigenvalue weighted by Crippen LogP contribution is -2.35. The Morgan fingerprint density at radius 1 is 1.42 bits per heavy atom. The number of amides is 1. The predicted octanol–water partition coefficient (Wildman–Crippen LogP) is 2.17. The van der Waals surface area contributed by atoms with E-state index in [1.54, 1.807) is 18.0 Å². The van der Waals surface area contributed by atoms with Gasteiger partial charge < -0.3 is 10.6 Å². The minimum absolute atomic E-state index is 0.131. The van der Waals surface area contributed by atoms with Crippen molar-refractivity contribution in [3.63, 3.8) is 0 Å². The third-order valence-corrected chi connectivity index (χ3v) is 3.52. The fourth-order valence-electron chi connectivity index (χ4n) is 1.45. The van der Waals surface area contributed by atoms with Crippen molar-refractivity contribution in [2.24, 2.45) is 0 Å². The molecule has 0 aliphatic heterocycles. The molecule has 0 radical (unpaired) electrons. The van der Waals surface area contributed by atoms with Crippen LogP contribution in [-0.2, 0) is 0 Å². The van der Waals surface area contributed by atoms with Gasteiger partial charge in [-0.05, 0) is 19.1 Å². The van der Waals surface area contributed by atoms with Crippen LogP contribution in [0.15, 0.2) is 12.4 Å². The van der Waals surface area contributed by atoms with Gasteiger partial charge in [-0.3, -0.25) is 9.78 Å². The first-order valence-corrected chi connectivity index (χ1v) is 7.77. The van der Waals surface area contributed by atoms with Gasteiger partial charge in [0.15, 0.2) is 0 Å². The summed E-state index contributed by atoms with van der Waals surface area (Å²) in [5.41, 5.74) is 0.356. The smallest absolute Gasteiger partial charge is 0.271 e. The molecule has 106 valence electrons. The third-order valence-electron chi connectivity index (χ3n) is 2.37. The van der Waals surface area contributed by atoms with Crippen molar-refractivity contribution in [1.29, 1.82) is 0 Å². The Bertz CT molecular complexity index is 400. The summed E-state index contributed by atoms with van der Waals surface area (Å²) in [5, 5.41) is 6.04. The second kappa shape index (κ2) is 8.74. The number of rotatable bonds is 8.